The summed E-state index contributed by atoms with van der Waals surface area (Å²) in [6.07, 6.45) is 2.14. The molecule has 0 radical (unpaired) electrons. The Morgan fingerprint density at radius 2 is 1.85 bits per heavy atom. The van der Waals surface area contributed by atoms with Crippen LogP contribution in [0.25, 0.3) is 31.8 Å². The number of aliphatic hydroxyl groups is 1. The van der Waals surface area contributed by atoms with Gasteiger partial charge in [-0.25, -0.2) is 24.1 Å². The van der Waals surface area contributed by atoms with Crippen molar-refractivity contribution in [2.45, 2.75) is 39.5 Å². The van der Waals surface area contributed by atoms with Crippen molar-refractivity contribution in [2.24, 2.45) is 0 Å². The first-order valence-electron chi connectivity index (χ1n) is 12.2. The number of carbonyl (C=O) groups is 1. The molecule has 40 heavy (non-hydrogen) atoms. The predicted octanol–water partition coefficient (Wildman–Crippen LogP) is 4.99. The maximum Gasteiger partial charge on any atom is 0.412 e. The van der Waals surface area contributed by atoms with Crippen LogP contribution in [0.5, 0.6) is 11.6 Å². The summed E-state index contributed by atoms with van der Waals surface area (Å²) in [6.45, 7) is 4.83. The third-order valence-electron chi connectivity index (χ3n) is 6.38. The van der Waals surface area contributed by atoms with E-state index in [-0.39, 0.29) is 24.0 Å². The molecule has 13 heteroatoms. The number of ether oxygens (including phenoxy) is 2. The highest BCUT2D eigenvalue weighted by Crippen LogP contribution is 2.36. The number of halogens is 1. The van der Waals surface area contributed by atoms with Crippen LogP contribution in [0.2, 0.25) is 0 Å². The largest absolute Gasteiger partial charge is 0.495 e. The number of hydrogen-bond donors (Lipinski definition) is 2. The molecule has 0 aliphatic heterocycles. The first-order valence-corrected chi connectivity index (χ1v) is 13.0. The zero-order valence-corrected chi connectivity index (χ0v) is 22.8. The van der Waals surface area contributed by atoms with Gasteiger partial charge in [-0.2, -0.15) is 4.98 Å². The van der Waals surface area contributed by atoms with Gasteiger partial charge in [-0.05, 0) is 44.5 Å². The number of pyridine rings is 2. The van der Waals surface area contributed by atoms with Gasteiger partial charge in [0.15, 0.2) is 11.6 Å². The highest BCUT2D eigenvalue weighted by atomic mass is 32.1. The molecule has 0 saturated heterocycles. The summed E-state index contributed by atoms with van der Waals surface area (Å²) in [5, 5.41) is 20.5. The van der Waals surface area contributed by atoms with Gasteiger partial charge in [0, 0.05) is 17.0 Å². The second kappa shape index (κ2) is 10.9. The van der Waals surface area contributed by atoms with Gasteiger partial charge in [-0.15, -0.1) is 0 Å². The number of nitrogens with zero attached hydrogens (tertiary/aromatic N) is 6. The van der Waals surface area contributed by atoms with Crippen LogP contribution in [0.3, 0.4) is 0 Å². The average molecular weight is 565 g/mol. The minimum Gasteiger partial charge on any atom is -0.495 e. The molecule has 0 aliphatic carbocycles. The quantitative estimate of drug-likeness (QED) is 0.265. The molecule has 5 aromatic rings. The standard InChI is InChI=1S/C27H25FN6O5S/c1-13-5-16-7-18(38-4)11-31-23(16)19(6-13)25-32-21-8-20(28)24(33-26(21)40-25)39-15(3)14(2)34(27(36)37)17-9-29-22(12-35)30-10-17/h5-11,14-15,35H,12H2,1-4H3,(H,36,37)/t14-,15+/m1/s1. The van der Waals surface area contributed by atoms with Gasteiger partial charge in [0.1, 0.15) is 33.8 Å². The van der Waals surface area contributed by atoms with E-state index < -0.39 is 24.1 Å². The summed E-state index contributed by atoms with van der Waals surface area (Å²) in [7, 11) is 1.58. The number of aliphatic hydroxyl groups excluding tert-OH is 1. The van der Waals surface area contributed by atoms with Crippen molar-refractivity contribution in [3.05, 3.63) is 60.1 Å². The zero-order chi connectivity index (χ0) is 28.6. The topological polar surface area (TPSA) is 144 Å². The van der Waals surface area contributed by atoms with Crippen LogP contribution in [0.15, 0.2) is 42.9 Å². The lowest BCUT2D eigenvalue weighted by Crippen LogP contribution is -2.46. The van der Waals surface area contributed by atoms with Crippen LogP contribution >= 0.6 is 11.3 Å². The summed E-state index contributed by atoms with van der Waals surface area (Å²) < 4.78 is 26.2. The third kappa shape index (κ3) is 5.20. The average Bonchev–Trinajstić information content (AvgIpc) is 3.35. The van der Waals surface area contributed by atoms with Crippen LogP contribution < -0.4 is 14.4 Å². The summed E-state index contributed by atoms with van der Waals surface area (Å²) >= 11 is 1.27. The molecule has 1 aromatic carbocycles. The number of fused-ring (bicyclic) bond motifs is 2. The molecule has 2 N–H and O–H groups in total. The van der Waals surface area contributed by atoms with Crippen molar-refractivity contribution in [1.82, 2.24) is 24.9 Å². The number of amides is 1. The fraction of sp³-hybridized carbons (Fsp3) is 0.259. The summed E-state index contributed by atoms with van der Waals surface area (Å²) in [5.41, 5.74) is 3.07. The van der Waals surface area contributed by atoms with E-state index in [0.717, 1.165) is 26.9 Å². The first kappa shape index (κ1) is 27.1. The molecule has 0 saturated carbocycles. The maximum atomic E-state index is 15.1. The molecule has 0 unspecified atom stereocenters. The molecule has 206 valence electrons. The van der Waals surface area contributed by atoms with E-state index in [2.05, 4.69) is 24.9 Å². The molecule has 2 atom stereocenters. The smallest absolute Gasteiger partial charge is 0.412 e. The molecule has 0 fully saturated rings. The molecule has 11 nitrogen and oxygen atoms in total. The predicted molar refractivity (Wildman–Crippen MR) is 147 cm³/mol. The van der Waals surface area contributed by atoms with Crippen LogP contribution in [0.4, 0.5) is 14.9 Å². The lowest BCUT2D eigenvalue weighted by atomic mass is 10.1. The van der Waals surface area contributed by atoms with Crippen LogP contribution in [-0.2, 0) is 6.61 Å². The van der Waals surface area contributed by atoms with E-state index >= 15 is 4.39 Å². The molecule has 5 rings (SSSR count). The highest BCUT2D eigenvalue weighted by Gasteiger charge is 2.29. The van der Waals surface area contributed by atoms with Gasteiger partial charge < -0.3 is 19.7 Å². The van der Waals surface area contributed by atoms with Crippen molar-refractivity contribution in [1.29, 1.82) is 0 Å². The van der Waals surface area contributed by atoms with Gasteiger partial charge in [-0.1, -0.05) is 11.3 Å². The number of aryl methyl sites for hydroxylation is 1. The van der Waals surface area contributed by atoms with E-state index in [1.165, 1.54) is 29.8 Å². The zero-order valence-electron chi connectivity index (χ0n) is 22.0. The maximum absolute atomic E-state index is 15.1. The number of carboxylic acid groups (broad SMARTS) is 1. The molecule has 0 spiro atoms. The molecule has 1 amide bonds. The number of aromatic nitrogens is 5. The Balaban J connectivity index is 1.45. The van der Waals surface area contributed by atoms with Gasteiger partial charge in [-0.3, -0.25) is 9.88 Å². The fourth-order valence-electron chi connectivity index (χ4n) is 4.24. The summed E-state index contributed by atoms with van der Waals surface area (Å²) in [6, 6.07) is 6.35. The molecule has 0 bridgehead atoms. The molecule has 4 aromatic heterocycles. The van der Waals surface area contributed by atoms with Crippen molar-refractivity contribution >= 4 is 44.4 Å². The Labute approximate surface area is 231 Å². The number of rotatable bonds is 8. The normalized spacial score (nSPS) is 12.8. The Morgan fingerprint density at radius 1 is 1.10 bits per heavy atom. The van der Waals surface area contributed by atoms with Gasteiger partial charge in [0.25, 0.3) is 5.88 Å². The van der Waals surface area contributed by atoms with E-state index in [1.807, 2.05) is 25.1 Å². The lowest BCUT2D eigenvalue weighted by molar-refractivity contribution is 0.162. The molecular formula is C27H25FN6O5S. The minimum absolute atomic E-state index is 0.156. The SMILES string of the molecule is COc1cnc2c(-c3nc4cc(F)c(O[C@@H](C)[C@@H](C)N(C(=O)O)c5cnc(CO)nc5)nc4s3)cc(C)cc2c1. The van der Waals surface area contributed by atoms with Gasteiger partial charge >= 0.3 is 6.09 Å². The Kier molecular flexibility index (Phi) is 7.41. The van der Waals surface area contributed by atoms with E-state index in [9.17, 15) is 9.90 Å². The lowest BCUT2D eigenvalue weighted by Gasteiger charge is -2.30. The number of anilines is 1. The Hall–Kier alpha value is -4.49. The number of thiazole rings is 1. The van der Waals surface area contributed by atoms with E-state index in [4.69, 9.17) is 14.6 Å². The van der Waals surface area contributed by atoms with Gasteiger partial charge in [0.05, 0.1) is 42.9 Å². The second-order valence-electron chi connectivity index (χ2n) is 9.11. The fourth-order valence-corrected chi connectivity index (χ4v) is 5.17. The van der Waals surface area contributed by atoms with Crippen molar-refractivity contribution in [3.63, 3.8) is 0 Å². The highest BCUT2D eigenvalue weighted by molar-refractivity contribution is 7.21. The summed E-state index contributed by atoms with van der Waals surface area (Å²) in [5.74, 6) is -0.198. The summed E-state index contributed by atoms with van der Waals surface area (Å²) in [4.78, 5) is 34.9. The van der Waals surface area contributed by atoms with E-state index in [1.54, 1.807) is 27.2 Å². The van der Waals surface area contributed by atoms with E-state index in [0.29, 0.717) is 21.1 Å². The van der Waals surface area contributed by atoms with Crippen molar-refractivity contribution in [2.75, 3.05) is 12.0 Å². The third-order valence-corrected chi connectivity index (χ3v) is 7.37. The van der Waals surface area contributed by atoms with Crippen LogP contribution in [0.1, 0.15) is 25.2 Å². The first-order chi connectivity index (χ1) is 19.2. The number of benzene rings is 1. The van der Waals surface area contributed by atoms with Crippen molar-refractivity contribution in [3.8, 4) is 22.2 Å². The van der Waals surface area contributed by atoms with Crippen LogP contribution in [-0.4, -0.2) is 60.5 Å². The Morgan fingerprint density at radius 3 is 2.52 bits per heavy atom. The molecule has 0 aliphatic rings. The number of methoxy groups -OCH3 is 1. The molecule has 4 heterocycles. The van der Waals surface area contributed by atoms with Crippen LogP contribution in [0, 0.1) is 12.7 Å². The number of hydrogen-bond acceptors (Lipinski definition) is 10. The second-order valence-corrected chi connectivity index (χ2v) is 10.1. The Bertz CT molecular complexity index is 1710. The minimum atomic E-state index is -1.27. The van der Waals surface area contributed by atoms with Gasteiger partial charge in [0.2, 0.25) is 0 Å². The monoisotopic (exact) mass is 564 g/mol. The van der Waals surface area contributed by atoms with Crippen molar-refractivity contribution < 1.29 is 28.9 Å². The molecular weight excluding hydrogens is 539 g/mol.